The molecular weight excluding hydrogens is 294 g/mol. The second-order valence-electron chi connectivity index (χ2n) is 5.53. The molecule has 120 valence electrons. The van der Waals surface area contributed by atoms with Gasteiger partial charge in [-0.15, -0.1) is 0 Å². The van der Waals surface area contributed by atoms with E-state index in [9.17, 15) is 0 Å². The van der Waals surface area contributed by atoms with Crippen LogP contribution in [0.1, 0.15) is 24.6 Å². The number of hydrogen-bond donors (Lipinski definition) is 2. The zero-order valence-corrected chi connectivity index (χ0v) is 14.4. The van der Waals surface area contributed by atoms with Crippen LogP contribution in [0.15, 0.2) is 30.3 Å². The van der Waals surface area contributed by atoms with Gasteiger partial charge in [-0.05, 0) is 12.8 Å². The number of aromatic nitrogens is 1. The number of nitrogens with zero attached hydrogens (tertiary/aromatic N) is 2. The topological polar surface area (TPSA) is 48.4 Å². The molecule has 0 aliphatic rings. The van der Waals surface area contributed by atoms with E-state index in [4.69, 9.17) is 10.1 Å². The van der Waals surface area contributed by atoms with Crippen LogP contribution in [0.4, 0.5) is 5.13 Å². The molecule has 22 heavy (non-hydrogen) atoms. The lowest BCUT2D eigenvalue weighted by molar-refractivity contribution is 0.262. The van der Waals surface area contributed by atoms with E-state index in [1.165, 1.54) is 4.88 Å². The zero-order valence-electron chi connectivity index (χ0n) is 13.5. The van der Waals surface area contributed by atoms with Crippen LogP contribution in [0, 0.1) is 0 Å². The Kier molecular flexibility index (Phi) is 6.36. The minimum Gasteiger partial charge on any atom is -0.396 e. The zero-order chi connectivity index (χ0) is 15.9. The summed E-state index contributed by atoms with van der Waals surface area (Å²) in [7, 11) is 4.04. The molecule has 1 unspecified atom stereocenters. The van der Waals surface area contributed by atoms with Crippen molar-refractivity contribution >= 4 is 16.5 Å². The van der Waals surface area contributed by atoms with Gasteiger partial charge in [0.2, 0.25) is 0 Å². The number of benzene rings is 1. The van der Waals surface area contributed by atoms with Gasteiger partial charge in [0.1, 0.15) is 0 Å². The molecule has 0 aliphatic heterocycles. The van der Waals surface area contributed by atoms with E-state index in [1.54, 1.807) is 11.3 Å². The van der Waals surface area contributed by atoms with Crippen LogP contribution in [0.25, 0.3) is 11.3 Å². The molecule has 5 heteroatoms. The molecule has 0 aliphatic carbocycles. The Bertz CT molecular complexity index is 569. The molecule has 2 N–H and O–H groups in total. The summed E-state index contributed by atoms with van der Waals surface area (Å²) in [6, 6.07) is 10.7. The molecule has 4 nitrogen and oxygen atoms in total. The average Bonchev–Trinajstić information content (AvgIpc) is 2.97. The summed E-state index contributed by atoms with van der Waals surface area (Å²) in [6.07, 6.45) is 1.80. The van der Waals surface area contributed by atoms with Gasteiger partial charge in [-0.1, -0.05) is 48.6 Å². The lowest BCUT2D eigenvalue weighted by atomic mass is 10.1. The highest BCUT2D eigenvalue weighted by atomic mass is 32.1. The molecule has 0 bridgehead atoms. The third-order valence-electron chi connectivity index (χ3n) is 3.64. The minimum atomic E-state index is 0.225. The van der Waals surface area contributed by atoms with Crippen molar-refractivity contribution in [3.63, 3.8) is 0 Å². The Morgan fingerprint density at radius 3 is 2.59 bits per heavy atom. The molecule has 0 saturated carbocycles. The monoisotopic (exact) mass is 319 g/mol. The maximum atomic E-state index is 9.12. The highest BCUT2D eigenvalue weighted by molar-refractivity contribution is 7.16. The molecule has 0 fully saturated rings. The number of aliphatic hydroxyl groups excluding tert-OH is 1. The van der Waals surface area contributed by atoms with E-state index in [0.29, 0.717) is 6.04 Å². The van der Waals surface area contributed by atoms with E-state index in [1.807, 2.05) is 37.2 Å². The average molecular weight is 319 g/mol. The van der Waals surface area contributed by atoms with Crippen LogP contribution in [0.3, 0.4) is 0 Å². The quantitative estimate of drug-likeness (QED) is 0.785. The van der Waals surface area contributed by atoms with Crippen molar-refractivity contribution < 1.29 is 5.11 Å². The number of nitrogens with one attached hydrogen (secondary N) is 1. The van der Waals surface area contributed by atoms with Crippen LogP contribution < -0.4 is 10.2 Å². The van der Waals surface area contributed by atoms with E-state index < -0.39 is 0 Å². The highest BCUT2D eigenvalue weighted by Crippen LogP contribution is 2.32. The smallest absolute Gasteiger partial charge is 0.185 e. The van der Waals surface area contributed by atoms with Crippen LogP contribution in [-0.4, -0.2) is 36.8 Å². The van der Waals surface area contributed by atoms with E-state index in [2.05, 4.69) is 24.4 Å². The molecule has 2 rings (SSSR count). The number of anilines is 1. The van der Waals surface area contributed by atoms with Gasteiger partial charge in [0, 0.05) is 43.7 Å². The Morgan fingerprint density at radius 2 is 2.00 bits per heavy atom. The first-order chi connectivity index (χ1) is 10.7. The Labute approximate surface area is 136 Å². The normalized spacial score (nSPS) is 12.4. The highest BCUT2D eigenvalue weighted by Gasteiger charge is 2.15. The summed E-state index contributed by atoms with van der Waals surface area (Å²) < 4.78 is 0. The fourth-order valence-electron chi connectivity index (χ4n) is 2.32. The van der Waals surface area contributed by atoms with E-state index in [0.717, 1.165) is 35.8 Å². The predicted octanol–water partition coefficient (Wildman–Crippen LogP) is 3.13. The molecule has 0 amide bonds. The second kappa shape index (κ2) is 8.27. The van der Waals surface area contributed by atoms with Crippen molar-refractivity contribution in [3.8, 4) is 11.3 Å². The van der Waals surface area contributed by atoms with Gasteiger partial charge >= 0.3 is 0 Å². The third kappa shape index (κ3) is 4.29. The van der Waals surface area contributed by atoms with Gasteiger partial charge in [-0.25, -0.2) is 4.98 Å². The third-order valence-corrected chi connectivity index (χ3v) is 4.86. The first kappa shape index (κ1) is 16.9. The SMILES string of the molecule is CCC(CCO)NCc1sc(N(C)C)nc1-c1ccccc1. The summed E-state index contributed by atoms with van der Waals surface area (Å²) in [6.45, 7) is 3.15. The molecule has 0 spiro atoms. The number of aliphatic hydroxyl groups is 1. The fourth-order valence-corrected chi connectivity index (χ4v) is 3.27. The van der Waals surface area contributed by atoms with Crippen LogP contribution in [-0.2, 0) is 6.54 Å². The first-order valence-electron chi connectivity index (χ1n) is 7.72. The maximum absolute atomic E-state index is 9.12. The summed E-state index contributed by atoms with van der Waals surface area (Å²) in [5.74, 6) is 0. The largest absolute Gasteiger partial charge is 0.396 e. The Balaban J connectivity index is 2.22. The van der Waals surface area contributed by atoms with Gasteiger partial charge in [0.25, 0.3) is 0 Å². The molecule has 1 aromatic carbocycles. The van der Waals surface area contributed by atoms with Gasteiger partial charge in [-0.2, -0.15) is 0 Å². The lowest BCUT2D eigenvalue weighted by Crippen LogP contribution is -2.28. The molecule has 0 saturated heterocycles. The maximum Gasteiger partial charge on any atom is 0.185 e. The van der Waals surface area contributed by atoms with E-state index >= 15 is 0 Å². The second-order valence-corrected chi connectivity index (χ2v) is 6.59. The predicted molar refractivity (Wildman–Crippen MR) is 94.5 cm³/mol. The fraction of sp³-hybridized carbons (Fsp3) is 0.471. The molecule has 2 aromatic rings. The molecule has 1 aromatic heterocycles. The van der Waals surface area contributed by atoms with Crippen molar-refractivity contribution in [2.75, 3.05) is 25.6 Å². The van der Waals surface area contributed by atoms with Gasteiger partial charge in [-0.3, -0.25) is 0 Å². The Hall–Kier alpha value is -1.43. The summed E-state index contributed by atoms with van der Waals surface area (Å²) in [5, 5.41) is 13.7. The van der Waals surface area contributed by atoms with Crippen LogP contribution in [0.5, 0.6) is 0 Å². The van der Waals surface area contributed by atoms with Crippen molar-refractivity contribution in [2.24, 2.45) is 0 Å². The molecule has 0 radical (unpaired) electrons. The van der Waals surface area contributed by atoms with Crippen LogP contribution in [0.2, 0.25) is 0 Å². The minimum absolute atomic E-state index is 0.225. The molecular formula is C17H25N3OS. The standard InChI is InChI=1S/C17H25N3OS/c1-4-14(10-11-21)18-12-15-16(13-8-6-5-7-9-13)19-17(22-15)20(2)3/h5-9,14,18,21H,4,10-12H2,1-3H3. The van der Waals surface area contributed by atoms with Gasteiger partial charge in [0.05, 0.1) is 5.69 Å². The van der Waals surface area contributed by atoms with Crippen molar-refractivity contribution in [1.29, 1.82) is 0 Å². The van der Waals surface area contributed by atoms with Crippen LogP contribution >= 0.6 is 11.3 Å². The van der Waals surface area contributed by atoms with Gasteiger partial charge < -0.3 is 15.3 Å². The van der Waals surface area contributed by atoms with Crippen molar-refractivity contribution in [3.05, 3.63) is 35.2 Å². The summed E-state index contributed by atoms with van der Waals surface area (Å²) >= 11 is 1.72. The lowest BCUT2D eigenvalue weighted by Gasteiger charge is -2.15. The van der Waals surface area contributed by atoms with E-state index in [-0.39, 0.29) is 6.61 Å². The van der Waals surface area contributed by atoms with Crippen molar-refractivity contribution in [1.82, 2.24) is 10.3 Å². The number of hydrogen-bond acceptors (Lipinski definition) is 5. The van der Waals surface area contributed by atoms with Crippen molar-refractivity contribution in [2.45, 2.75) is 32.4 Å². The molecule has 1 heterocycles. The summed E-state index contributed by atoms with van der Waals surface area (Å²) in [4.78, 5) is 8.07. The summed E-state index contributed by atoms with van der Waals surface area (Å²) in [5.41, 5.74) is 2.21. The number of rotatable bonds is 8. The first-order valence-corrected chi connectivity index (χ1v) is 8.54. The molecule has 1 atom stereocenters. The number of thiazole rings is 1. The van der Waals surface area contributed by atoms with Gasteiger partial charge in [0.15, 0.2) is 5.13 Å². The Morgan fingerprint density at radius 1 is 1.27 bits per heavy atom.